The summed E-state index contributed by atoms with van der Waals surface area (Å²) in [5.41, 5.74) is 0. The van der Waals surface area contributed by atoms with Crippen LogP contribution in [0.15, 0.2) is 0 Å². The molecule has 20 nitrogen and oxygen atoms in total. The molecule has 0 spiro atoms. The van der Waals surface area contributed by atoms with E-state index >= 15 is 0 Å². The Labute approximate surface area is 339 Å². The first-order valence-corrected chi connectivity index (χ1v) is 19.9. The number of carbonyl (C=O) groups excluding carboxylic acids is 6. The molecule has 0 unspecified atom stereocenters. The molecule has 0 heterocycles. The van der Waals surface area contributed by atoms with E-state index in [0.717, 1.165) is 38.5 Å². The minimum absolute atomic E-state index is 0.0317. The van der Waals surface area contributed by atoms with Crippen molar-refractivity contribution < 1.29 is 97.3 Å². The van der Waals surface area contributed by atoms with E-state index in [9.17, 15) is 59.4 Å². The lowest BCUT2D eigenvalue weighted by atomic mass is 10.2. The highest BCUT2D eigenvalue weighted by Gasteiger charge is 2.34. The maximum Gasteiger partial charge on any atom is 0.338 e. The standard InChI is InChI=1S/C38H66O20/c1-51-19-11-3-5-13-21-53-33(45)27(39)29(41)35(47)55-23-15-7-9-17-25-57-37(49)31(43)32(44)38(50)58-26-18-10-8-16-24-56-36(48)30(42)28(40)34(46)54-22-14-6-4-12-20-52-2/h27-32,39-44H,3-26H2,1-2H3/t27-,28-,29-,30-,31-,32-/m1/s1. The lowest BCUT2D eigenvalue weighted by molar-refractivity contribution is -0.173. The van der Waals surface area contributed by atoms with Crippen LogP contribution in [0.2, 0.25) is 0 Å². The molecule has 0 saturated heterocycles. The van der Waals surface area contributed by atoms with E-state index in [-0.39, 0.29) is 39.6 Å². The highest BCUT2D eigenvalue weighted by atomic mass is 16.6. The molecule has 0 aliphatic carbocycles. The second-order valence-corrected chi connectivity index (χ2v) is 13.3. The normalized spacial score (nSPS) is 14.3. The Hall–Kier alpha value is -3.50. The van der Waals surface area contributed by atoms with Crippen molar-refractivity contribution in [2.24, 2.45) is 0 Å². The zero-order chi connectivity index (χ0) is 43.6. The number of rotatable bonds is 37. The maximum absolute atomic E-state index is 12.0. The molecule has 0 aliphatic heterocycles. The van der Waals surface area contributed by atoms with Gasteiger partial charge in [-0.3, -0.25) is 0 Å². The summed E-state index contributed by atoms with van der Waals surface area (Å²) in [6, 6.07) is 0. The van der Waals surface area contributed by atoms with Crippen LogP contribution < -0.4 is 0 Å². The highest BCUT2D eigenvalue weighted by Crippen LogP contribution is 2.09. The number of hydrogen-bond donors (Lipinski definition) is 6. The average molecular weight is 843 g/mol. The van der Waals surface area contributed by atoms with Gasteiger partial charge < -0.3 is 68.5 Å². The van der Waals surface area contributed by atoms with Gasteiger partial charge in [-0.25, -0.2) is 28.8 Å². The van der Waals surface area contributed by atoms with Crippen molar-refractivity contribution in [3.05, 3.63) is 0 Å². The molecular formula is C38H66O20. The van der Waals surface area contributed by atoms with Gasteiger partial charge in [-0.05, 0) is 89.9 Å². The number of methoxy groups -OCH3 is 2. The fourth-order valence-corrected chi connectivity index (χ4v) is 4.84. The van der Waals surface area contributed by atoms with E-state index < -0.39 is 72.4 Å². The molecule has 338 valence electrons. The van der Waals surface area contributed by atoms with Crippen molar-refractivity contribution in [2.75, 3.05) is 67.1 Å². The van der Waals surface area contributed by atoms with Crippen molar-refractivity contribution in [3.63, 3.8) is 0 Å². The summed E-state index contributed by atoms with van der Waals surface area (Å²) in [4.78, 5) is 71.7. The third-order valence-electron chi connectivity index (χ3n) is 8.38. The third-order valence-corrected chi connectivity index (χ3v) is 8.38. The molecule has 0 aliphatic rings. The van der Waals surface area contributed by atoms with Gasteiger partial charge >= 0.3 is 35.8 Å². The van der Waals surface area contributed by atoms with Crippen LogP contribution in [0.1, 0.15) is 103 Å². The van der Waals surface area contributed by atoms with Crippen molar-refractivity contribution in [3.8, 4) is 0 Å². The van der Waals surface area contributed by atoms with Crippen LogP contribution in [0.25, 0.3) is 0 Å². The Morgan fingerprint density at radius 2 is 0.414 bits per heavy atom. The molecule has 58 heavy (non-hydrogen) atoms. The lowest BCUT2D eigenvalue weighted by Gasteiger charge is -2.16. The molecule has 0 aromatic rings. The van der Waals surface area contributed by atoms with Crippen molar-refractivity contribution in [1.29, 1.82) is 0 Å². The fraction of sp³-hybridized carbons (Fsp3) is 0.842. The molecule has 0 rings (SSSR count). The van der Waals surface area contributed by atoms with Crippen molar-refractivity contribution in [2.45, 2.75) is 139 Å². The number of ether oxygens (including phenoxy) is 8. The highest BCUT2D eigenvalue weighted by molar-refractivity contribution is 5.86. The summed E-state index contributed by atoms with van der Waals surface area (Å²) < 4.78 is 39.2. The van der Waals surface area contributed by atoms with Gasteiger partial charge in [0.15, 0.2) is 36.6 Å². The molecule has 0 aromatic heterocycles. The van der Waals surface area contributed by atoms with E-state index in [0.29, 0.717) is 77.4 Å². The number of unbranched alkanes of at least 4 members (excludes halogenated alkanes) is 12. The monoisotopic (exact) mass is 842 g/mol. The largest absolute Gasteiger partial charge is 0.464 e. The van der Waals surface area contributed by atoms with Crippen LogP contribution in [0.5, 0.6) is 0 Å². The van der Waals surface area contributed by atoms with Crippen LogP contribution in [0.3, 0.4) is 0 Å². The second-order valence-electron chi connectivity index (χ2n) is 13.3. The van der Waals surface area contributed by atoms with E-state index in [1.165, 1.54) is 0 Å². The molecule has 6 atom stereocenters. The molecular weight excluding hydrogens is 776 g/mol. The topological polar surface area (TPSA) is 298 Å². The minimum Gasteiger partial charge on any atom is -0.464 e. The number of aliphatic hydroxyl groups excluding tert-OH is 6. The predicted octanol–water partition coefficient (Wildman–Crippen LogP) is -0.0546. The van der Waals surface area contributed by atoms with Crippen molar-refractivity contribution >= 4 is 35.8 Å². The zero-order valence-electron chi connectivity index (χ0n) is 33.8. The first-order valence-electron chi connectivity index (χ1n) is 19.9. The quantitative estimate of drug-likeness (QED) is 0.0271. The summed E-state index contributed by atoms with van der Waals surface area (Å²) >= 11 is 0. The third kappa shape index (κ3) is 26.5. The van der Waals surface area contributed by atoms with E-state index in [1.54, 1.807) is 14.2 Å². The minimum atomic E-state index is -2.18. The fourth-order valence-electron chi connectivity index (χ4n) is 4.84. The van der Waals surface area contributed by atoms with Gasteiger partial charge in [0.25, 0.3) is 0 Å². The summed E-state index contributed by atoms with van der Waals surface area (Å²) in [6.07, 6.45) is -3.23. The Morgan fingerprint density at radius 1 is 0.276 bits per heavy atom. The van der Waals surface area contributed by atoms with Gasteiger partial charge in [0.2, 0.25) is 0 Å². The summed E-state index contributed by atoms with van der Waals surface area (Å²) in [5, 5.41) is 59.4. The Balaban J connectivity index is 3.99. The first kappa shape index (κ1) is 54.5. The number of esters is 6. The summed E-state index contributed by atoms with van der Waals surface area (Å²) in [6.45, 7) is 0.807. The Bertz CT molecular complexity index is 1050. The first-order chi connectivity index (χ1) is 27.8. The molecule has 0 radical (unpaired) electrons. The number of carbonyl (C=O) groups is 6. The SMILES string of the molecule is COCCCCCCOC(=O)[C@H](O)[C@@H](O)C(=O)OCCCCCCOC(=O)[C@H](O)[C@@H](O)C(=O)OCCCCCCOC(=O)[C@H](O)[C@@H](O)C(=O)OCCCCCCOC. The van der Waals surface area contributed by atoms with Gasteiger partial charge in [-0.15, -0.1) is 0 Å². The lowest BCUT2D eigenvalue weighted by Crippen LogP contribution is -2.42. The Kier molecular flexibility index (Phi) is 33.3. The van der Waals surface area contributed by atoms with E-state index in [1.807, 2.05) is 0 Å². The smallest absolute Gasteiger partial charge is 0.338 e. The van der Waals surface area contributed by atoms with Gasteiger partial charge in [0.1, 0.15) is 0 Å². The van der Waals surface area contributed by atoms with Crippen LogP contribution in [0, 0.1) is 0 Å². The number of aliphatic hydroxyl groups is 6. The molecule has 0 amide bonds. The summed E-state index contributed by atoms with van der Waals surface area (Å²) in [5.74, 6) is -7.11. The predicted molar refractivity (Wildman–Crippen MR) is 199 cm³/mol. The average Bonchev–Trinajstić information content (AvgIpc) is 3.22. The van der Waals surface area contributed by atoms with Gasteiger partial charge in [-0.1, -0.05) is 12.8 Å². The molecule has 0 fully saturated rings. The van der Waals surface area contributed by atoms with E-state index in [2.05, 4.69) is 0 Å². The molecule has 0 saturated carbocycles. The zero-order valence-corrected chi connectivity index (χ0v) is 33.8. The maximum atomic E-state index is 12.0. The van der Waals surface area contributed by atoms with Gasteiger partial charge in [-0.2, -0.15) is 0 Å². The van der Waals surface area contributed by atoms with Crippen LogP contribution >= 0.6 is 0 Å². The molecule has 0 aromatic carbocycles. The van der Waals surface area contributed by atoms with Crippen LogP contribution in [-0.4, -0.2) is 170 Å². The Morgan fingerprint density at radius 3 is 0.552 bits per heavy atom. The van der Waals surface area contributed by atoms with Gasteiger partial charge in [0, 0.05) is 27.4 Å². The molecule has 20 heteroatoms. The van der Waals surface area contributed by atoms with Crippen LogP contribution in [-0.2, 0) is 66.7 Å². The van der Waals surface area contributed by atoms with Gasteiger partial charge in [0.05, 0.1) is 39.6 Å². The van der Waals surface area contributed by atoms with Crippen molar-refractivity contribution in [1.82, 2.24) is 0 Å². The molecule has 6 N–H and O–H groups in total. The number of hydrogen-bond acceptors (Lipinski definition) is 20. The van der Waals surface area contributed by atoms with Crippen LogP contribution in [0.4, 0.5) is 0 Å². The molecule has 0 bridgehead atoms. The second kappa shape index (κ2) is 35.4. The summed E-state index contributed by atoms with van der Waals surface area (Å²) in [7, 11) is 3.21. The van der Waals surface area contributed by atoms with E-state index in [4.69, 9.17) is 37.9 Å².